The summed E-state index contributed by atoms with van der Waals surface area (Å²) >= 11 is 2.82. The number of likely N-dealkylation sites (tertiary alicyclic amines) is 1. The van der Waals surface area contributed by atoms with E-state index in [2.05, 4.69) is 34.0 Å². The maximum Gasteiger partial charge on any atom is 0.269 e. The van der Waals surface area contributed by atoms with Gasteiger partial charge in [-0.25, -0.2) is 9.97 Å². The van der Waals surface area contributed by atoms with Gasteiger partial charge in [-0.3, -0.25) is 15.0 Å². The second-order valence-corrected chi connectivity index (χ2v) is 10.6. The number of piperidine rings is 1. The molecule has 1 aliphatic rings. The van der Waals surface area contributed by atoms with Crippen molar-refractivity contribution in [1.82, 2.24) is 14.9 Å². The number of hydrogen-bond donors (Lipinski definition) is 1. The topological polar surface area (TPSA) is 76.6 Å². The number of rotatable bonds is 7. The van der Waals surface area contributed by atoms with Crippen molar-refractivity contribution in [2.75, 3.05) is 32.6 Å². The highest BCUT2D eigenvalue weighted by Crippen LogP contribution is 2.35. The molecule has 2 atom stereocenters. The molecule has 33 heavy (non-hydrogen) atoms. The van der Waals surface area contributed by atoms with Gasteiger partial charge in [0.15, 0.2) is 16.6 Å². The summed E-state index contributed by atoms with van der Waals surface area (Å²) in [6.45, 7) is 9.49. The van der Waals surface area contributed by atoms with E-state index >= 15 is 0 Å². The average molecular weight is 487 g/mol. The van der Waals surface area contributed by atoms with Gasteiger partial charge in [0, 0.05) is 30.6 Å². The quantitative estimate of drug-likeness (QED) is 0.487. The van der Waals surface area contributed by atoms with E-state index in [1.807, 2.05) is 30.5 Å². The Morgan fingerprint density at radius 2 is 1.88 bits per heavy atom. The van der Waals surface area contributed by atoms with Gasteiger partial charge in [0.05, 0.1) is 25.6 Å². The lowest BCUT2D eigenvalue weighted by atomic mass is 9.92. The van der Waals surface area contributed by atoms with Crippen LogP contribution < -0.4 is 14.8 Å². The number of thiazole rings is 2. The van der Waals surface area contributed by atoms with E-state index in [-0.39, 0.29) is 5.91 Å². The molecule has 2 aromatic heterocycles. The number of nitrogens with zero attached hydrogens (tertiary/aromatic N) is 3. The minimum Gasteiger partial charge on any atom is -0.493 e. The van der Waals surface area contributed by atoms with Crippen molar-refractivity contribution in [3.8, 4) is 22.1 Å². The van der Waals surface area contributed by atoms with Crippen molar-refractivity contribution in [3.05, 3.63) is 39.8 Å². The highest BCUT2D eigenvalue weighted by atomic mass is 32.1. The summed E-state index contributed by atoms with van der Waals surface area (Å²) in [5.41, 5.74) is 2.57. The summed E-state index contributed by atoms with van der Waals surface area (Å²) in [6.07, 6.45) is 1.29. The number of ether oxygens (including phenoxy) is 2. The van der Waals surface area contributed by atoms with Gasteiger partial charge >= 0.3 is 0 Å². The molecule has 1 N–H and O–H groups in total. The molecule has 4 rings (SSSR count). The van der Waals surface area contributed by atoms with E-state index < -0.39 is 0 Å². The molecule has 0 bridgehead atoms. The van der Waals surface area contributed by atoms with Gasteiger partial charge in [0.1, 0.15) is 9.88 Å². The monoisotopic (exact) mass is 486 g/mol. The molecule has 3 heterocycles. The van der Waals surface area contributed by atoms with E-state index in [0.29, 0.717) is 39.0 Å². The lowest BCUT2D eigenvalue weighted by Gasteiger charge is -2.34. The molecule has 1 amide bonds. The van der Waals surface area contributed by atoms with E-state index in [1.54, 1.807) is 14.2 Å². The predicted octanol–water partition coefficient (Wildman–Crippen LogP) is 5.32. The second-order valence-electron chi connectivity index (χ2n) is 8.74. The summed E-state index contributed by atoms with van der Waals surface area (Å²) < 4.78 is 10.7. The fourth-order valence-electron chi connectivity index (χ4n) is 4.44. The third-order valence-corrected chi connectivity index (χ3v) is 7.75. The Bertz CT molecular complexity index is 1120. The number of nitrogens with one attached hydrogen (secondary N) is 1. The number of benzene rings is 1. The van der Waals surface area contributed by atoms with Gasteiger partial charge in [-0.15, -0.1) is 22.7 Å². The highest BCUT2D eigenvalue weighted by molar-refractivity contribution is 7.17. The van der Waals surface area contributed by atoms with Crippen molar-refractivity contribution in [3.63, 3.8) is 0 Å². The molecular weight excluding hydrogens is 456 g/mol. The number of carbonyl (C=O) groups excluding carboxylic acids is 1. The number of aromatic nitrogens is 2. The summed E-state index contributed by atoms with van der Waals surface area (Å²) in [4.78, 5) is 25.3. The first-order valence-corrected chi connectivity index (χ1v) is 12.7. The summed E-state index contributed by atoms with van der Waals surface area (Å²) in [7, 11) is 3.20. The SMILES string of the molecule is COc1ccc(-c2nc(C)c(C(=O)Nc3nc(CN4CC(C)CC(C)C4)cs3)s2)cc1OC. The first-order chi connectivity index (χ1) is 15.9. The molecule has 0 aliphatic carbocycles. The Balaban J connectivity index is 1.44. The standard InChI is InChI=1S/C24H30N4O3S2/c1-14-8-15(2)11-28(10-14)12-18-13-32-24(26-18)27-22(29)21-16(3)25-23(33-21)17-6-7-19(30-4)20(9-17)31-5/h6-7,9,13-15H,8,10-12H2,1-5H3,(H,26,27,29). The number of aryl methyl sites for hydroxylation is 1. The molecule has 1 aromatic carbocycles. The molecule has 2 unspecified atom stereocenters. The van der Waals surface area contributed by atoms with Crippen LogP contribution in [0.4, 0.5) is 5.13 Å². The van der Waals surface area contributed by atoms with Crippen molar-refractivity contribution >= 4 is 33.7 Å². The van der Waals surface area contributed by atoms with Gasteiger partial charge in [-0.2, -0.15) is 0 Å². The van der Waals surface area contributed by atoms with E-state index in [9.17, 15) is 4.79 Å². The van der Waals surface area contributed by atoms with Crippen LogP contribution in [0.25, 0.3) is 10.6 Å². The summed E-state index contributed by atoms with van der Waals surface area (Å²) in [6, 6.07) is 5.62. The maximum absolute atomic E-state index is 13.0. The lowest BCUT2D eigenvalue weighted by Crippen LogP contribution is -2.38. The zero-order chi connectivity index (χ0) is 23.5. The van der Waals surface area contributed by atoms with Gasteiger partial charge < -0.3 is 9.47 Å². The average Bonchev–Trinajstić information content (AvgIpc) is 3.38. The Labute approximate surface area is 202 Å². The van der Waals surface area contributed by atoms with E-state index in [0.717, 1.165) is 35.9 Å². The molecule has 0 saturated carbocycles. The zero-order valence-electron chi connectivity index (χ0n) is 19.7. The molecule has 3 aromatic rings. The number of amides is 1. The third kappa shape index (κ3) is 5.54. The van der Waals surface area contributed by atoms with E-state index in [4.69, 9.17) is 9.47 Å². The fourth-order valence-corrected chi connectivity index (χ4v) is 6.10. The van der Waals surface area contributed by atoms with Crippen LogP contribution in [-0.4, -0.2) is 48.1 Å². The zero-order valence-corrected chi connectivity index (χ0v) is 21.3. The van der Waals surface area contributed by atoms with Crippen LogP contribution in [0.5, 0.6) is 11.5 Å². The maximum atomic E-state index is 13.0. The van der Waals surface area contributed by atoms with Gasteiger partial charge in [-0.05, 0) is 43.4 Å². The lowest BCUT2D eigenvalue weighted by molar-refractivity contribution is 0.102. The normalized spacial score (nSPS) is 18.8. The summed E-state index contributed by atoms with van der Waals surface area (Å²) in [5.74, 6) is 2.52. The summed E-state index contributed by atoms with van der Waals surface area (Å²) in [5, 5.41) is 6.37. The Morgan fingerprint density at radius 3 is 2.58 bits per heavy atom. The fraction of sp³-hybridized carbons (Fsp3) is 0.458. The minimum absolute atomic E-state index is 0.183. The largest absolute Gasteiger partial charge is 0.493 e. The molecule has 1 aliphatic heterocycles. The molecule has 7 nitrogen and oxygen atoms in total. The van der Waals surface area contributed by atoms with Crippen LogP contribution in [0.2, 0.25) is 0 Å². The molecule has 9 heteroatoms. The van der Waals surface area contributed by atoms with Crippen LogP contribution >= 0.6 is 22.7 Å². The molecule has 176 valence electrons. The van der Waals surface area contributed by atoms with Crippen molar-refractivity contribution in [2.24, 2.45) is 11.8 Å². The number of anilines is 1. The van der Waals surface area contributed by atoms with Crippen molar-refractivity contribution in [2.45, 2.75) is 33.7 Å². The van der Waals surface area contributed by atoms with Crippen LogP contribution in [0.1, 0.15) is 41.3 Å². The Kier molecular flexibility index (Phi) is 7.31. The molecule has 0 spiro atoms. The van der Waals surface area contributed by atoms with Crippen LogP contribution in [0.3, 0.4) is 0 Å². The number of hydrogen-bond acceptors (Lipinski definition) is 8. The van der Waals surface area contributed by atoms with Crippen molar-refractivity contribution in [1.29, 1.82) is 0 Å². The highest BCUT2D eigenvalue weighted by Gasteiger charge is 2.23. The van der Waals surface area contributed by atoms with E-state index in [1.165, 1.54) is 29.1 Å². The van der Waals surface area contributed by atoms with Gasteiger partial charge in [0.2, 0.25) is 0 Å². The molecule has 0 radical (unpaired) electrons. The smallest absolute Gasteiger partial charge is 0.269 e. The Morgan fingerprint density at radius 1 is 1.15 bits per heavy atom. The molecule has 1 saturated heterocycles. The molecular formula is C24H30N4O3S2. The second kappa shape index (κ2) is 10.2. The van der Waals surface area contributed by atoms with Crippen molar-refractivity contribution < 1.29 is 14.3 Å². The number of carbonyl (C=O) groups is 1. The van der Waals surface area contributed by atoms with Crippen LogP contribution in [-0.2, 0) is 6.54 Å². The minimum atomic E-state index is -0.183. The first kappa shape index (κ1) is 23.7. The molecule has 1 fully saturated rings. The Hall–Kier alpha value is -2.49. The van der Waals surface area contributed by atoms with Gasteiger partial charge in [-0.1, -0.05) is 13.8 Å². The first-order valence-electron chi connectivity index (χ1n) is 11.0. The predicted molar refractivity (Wildman–Crippen MR) is 134 cm³/mol. The van der Waals surface area contributed by atoms with Crippen LogP contribution in [0, 0.1) is 18.8 Å². The van der Waals surface area contributed by atoms with Crippen LogP contribution in [0.15, 0.2) is 23.6 Å². The third-order valence-electron chi connectivity index (χ3n) is 5.74. The van der Waals surface area contributed by atoms with Gasteiger partial charge in [0.25, 0.3) is 5.91 Å². The number of methoxy groups -OCH3 is 2.